The number of hydrogen-bond acceptors (Lipinski definition) is 4. The third-order valence-electron chi connectivity index (χ3n) is 3.27. The van der Waals surface area contributed by atoms with Gasteiger partial charge in [-0.05, 0) is 37.4 Å². The summed E-state index contributed by atoms with van der Waals surface area (Å²) in [5.74, 6) is 1.47. The number of anilines is 1. The largest absolute Gasteiger partial charge is 0.343 e. The zero-order valence-electron chi connectivity index (χ0n) is 9.36. The molecular weight excluding hydrogens is 226 g/mol. The minimum atomic E-state index is 0.565. The van der Waals surface area contributed by atoms with Gasteiger partial charge in [0, 0.05) is 12.6 Å². The van der Waals surface area contributed by atoms with E-state index in [-0.39, 0.29) is 0 Å². The van der Waals surface area contributed by atoms with Crippen LogP contribution in [0.2, 0.25) is 0 Å². The highest BCUT2D eigenvalue weighted by Gasteiger charge is 2.30. The van der Waals surface area contributed by atoms with E-state index in [9.17, 15) is 0 Å². The topological polar surface area (TPSA) is 31.9 Å². The van der Waals surface area contributed by atoms with Crippen molar-refractivity contribution in [3.8, 4) is 0 Å². The first-order valence-corrected chi connectivity index (χ1v) is 6.62. The van der Waals surface area contributed by atoms with Crippen molar-refractivity contribution in [2.75, 3.05) is 11.4 Å². The average molecular weight is 243 g/mol. The van der Waals surface area contributed by atoms with Gasteiger partial charge in [0.05, 0.1) is 0 Å². The van der Waals surface area contributed by atoms with Gasteiger partial charge in [0.2, 0.25) is 5.13 Å². The summed E-state index contributed by atoms with van der Waals surface area (Å²) in [7, 11) is 0. The quantitative estimate of drug-likeness (QED) is 0.769. The lowest BCUT2D eigenvalue weighted by Crippen LogP contribution is -2.45. The van der Waals surface area contributed by atoms with E-state index in [4.69, 9.17) is 12.2 Å². The van der Waals surface area contributed by atoms with Crippen molar-refractivity contribution in [1.29, 1.82) is 0 Å². The predicted molar refractivity (Wildman–Crippen MR) is 67.1 cm³/mol. The normalized spacial score (nSPS) is 31.9. The molecule has 0 radical (unpaired) electrons. The van der Waals surface area contributed by atoms with Crippen LogP contribution in [0.4, 0.5) is 5.13 Å². The fraction of sp³-hybridized carbons (Fsp3) is 0.800. The number of hydrogen-bond donors (Lipinski definition) is 1. The molecule has 1 aromatic rings. The van der Waals surface area contributed by atoms with Gasteiger partial charge in [0.15, 0.2) is 3.95 Å². The highest BCUT2D eigenvalue weighted by molar-refractivity contribution is 7.73. The Kier molecular flexibility index (Phi) is 3.11. The summed E-state index contributed by atoms with van der Waals surface area (Å²) >= 11 is 6.65. The summed E-state index contributed by atoms with van der Waals surface area (Å²) in [5, 5.41) is 8.18. The zero-order valence-corrected chi connectivity index (χ0v) is 11.0. The Balaban J connectivity index is 2.23. The molecule has 0 amide bonds. The zero-order chi connectivity index (χ0) is 11.0. The summed E-state index contributed by atoms with van der Waals surface area (Å²) < 4.78 is 0.767. The molecule has 84 valence electrons. The van der Waals surface area contributed by atoms with Crippen LogP contribution in [-0.4, -0.2) is 22.8 Å². The summed E-state index contributed by atoms with van der Waals surface area (Å²) in [5.41, 5.74) is 0. The first kappa shape index (κ1) is 11.1. The molecule has 1 saturated heterocycles. The SMILES string of the molecule is CC1CC(C)C(C)N(c2n[nH]c(=S)s2)C1. The van der Waals surface area contributed by atoms with Gasteiger partial charge in [0.1, 0.15) is 0 Å². The maximum absolute atomic E-state index is 5.07. The Morgan fingerprint density at radius 2 is 2.20 bits per heavy atom. The van der Waals surface area contributed by atoms with Crippen molar-refractivity contribution in [3.63, 3.8) is 0 Å². The maximum Gasteiger partial charge on any atom is 0.207 e. The molecule has 1 aliphatic heterocycles. The molecule has 1 aliphatic rings. The van der Waals surface area contributed by atoms with Crippen LogP contribution in [0.1, 0.15) is 27.2 Å². The van der Waals surface area contributed by atoms with Gasteiger partial charge in [-0.1, -0.05) is 25.2 Å². The van der Waals surface area contributed by atoms with E-state index in [1.165, 1.54) is 6.42 Å². The second kappa shape index (κ2) is 4.22. The molecule has 2 rings (SSSR count). The van der Waals surface area contributed by atoms with Crippen LogP contribution in [0.15, 0.2) is 0 Å². The summed E-state index contributed by atoms with van der Waals surface area (Å²) in [6, 6.07) is 0.565. The number of H-pyrrole nitrogens is 1. The molecule has 3 atom stereocenters. The minimum Gasteiger partial charge on any atom is -0.343 e. The lowest BCUT2D eigenvalue weighted by molar-refractivity contribution is 0.296. The van der Waals surface area contributed by atoms with Gasteiger partial charge < -0.3 is 4.90 Å². The molecular formula is C10H17N3S2. The van der Waals surface area contributed by atoms with Crippen LogP contribution in [0, 0.1) is 15.8 Å². The minimum absolute atomic E-state index is 0.565. The molecule has 3 unspecified atom stereocenters. The molecule has 1 N–H and O–H groups in total. The Labute approximate surface area is 99.5 Å². The lowest BCUT2D eigenvalue weighted by atomic mass is 9.86. The standard InChI is InChI=1S/C10H17N3S2/c1-6-4-7(2)8(3)13(5-6)9-11-12-10(14)15-9/h6-8H,4-5H2,1-3H3,(H,12,14). The van der Waals surface area contributed by atoms with Crippen LogP contribution < -0.4 is 4.90 Å². The Morgan fingerprint density at radius 3 is 2.80 bits per heavy atom. The molecule has 2 heterocycles. The van der Waals surface area contributed by atoms with E-state index in [2.05, 4.69) is 35.9 Å². The molecule has 0 aromatic carbocycles. The van der Waals surface area contributed by atoms with Crippen molar-refractivity contribution in [3.05, 3.63) is 3.95 Å². The van der Waals surface area contributed by atoms with Crippen LogP contribution in [-0.2, 0) is 0 Å². The monoisotopic (exact) mass is 243 g/mol. The molecule has 3 nitrogen and oxygen atoms in total. The van der Waals surface area contributed by atoms with Gasteiger partial charge >= 0.3 is 0 Å². The molecule has 1 aromatic heterocycles. The van der Waals surface area contributed by atoms with Gasteiger partial charge in [-0.3, -0.25) is 5.10 Å². The fourth-order valence-corrected chi connectivity index (χ4v) is 3.29. The molecule has 0 bridgehead atoms. The first-order valence-electron chi connectivity index (χ1n) is 5.40. The van der Waals surface area contributed by atoms with Crippen molar-refractivity contribution in [1.82, 2.24) is 10.2 Å². The molecule has 0 spiro atoms. The van der Waals surface area contributed by atoms with E-state index < -0.39 is 0 Å². The first-order chi connectivity index (χ1) is 7.08. The van der Waals surface area contributed by atoms with Gasteiger partial charge in [-0.25, -0.2) is 0 Å². The van der Waals surface area contributed by atoms with Crippen LogP contribution in [0.25, 0.3) is 0 Å². The van der Waals surface area contributed by atoms with Gasteiger partial charge in [-0.15, -0.1) is 5.10 Å². The molecule has 0 aliphatic carbocycles. The molecule has 1 fully saturated rings. The third kappa shape index (κ3) is 2.23. The van der Waals surface area contributed by atoms with E-state index in [1.807, 2.05) is 0 Å². The highest BCUT2D eigenvalue weighted by atomic mass is 32.1. The summed E-state index contributed by atoms with van der Waals surface area (Å²) in [4.78, 5) is 2.38. The Morgan fingerprint density at radius 1 is 1.47 bits per heavy atom. The van der Waals surface area contributed by atoms with E-state index >= 15 is 0 Å². The number of aromatic nitrogens is 2. The second-order valence-electron chi connectivity index (χ2n) is 4.61. The van der Waals surface area contributed by atoms with Crippen molar-refractivity contribution < 1.29 is 0 Å². The smallest absolute Gasteiger partial charge is 0.207 e. The number of aromatic amines is 1. The van der Waals surface area contributed by atoms with E-state index in [0.29, 0.717) is 6.04 Å². The molecule has 15 heavy (non-hydrogen) atoms. The lowest BCUT2D eigenvalue weighted by Gasteiger charge is -2.40. The number of piperidine rings is 1. The van der Waals surface area contributed by atoms with Crippen molar-refractivity contribution >= 4 is 28.7 Å². The fourth-order valence-electron chi connectivity index (χ4n) is 2.31. The van der Waals surface area contributed by atoms with Gasteiger partial charge in [-0.2, -0.15) is 0 Å². The molecule has 5 heteroatoms. The average Bonchev–Trinajstić information content (AvgIpc) is 2.58. The highest BCUT2D eigenvalue weighted by Crippen LogP contribution is 2.31. The van der Waals surface area contributed by atoms with Crippen LogP contribution in [0.3, 0.4) is 0 Å². The number of nitrogens with one attached hydrogen (secondary N) is 1. The van der Waals surface area contributed by atoms with Gasteiger partial charge in [0.25, 0.3) is 0 Å². The molecule has 0 saturated carbocycles. The second-order valence-corrected chi connectivity index (χ2v) is 6.25. The maximum atomic E-state index is 5.07. The van der Waals surface area contributed by atoms with E-state index in [1.54, 1.807) is 11.3 Å². The van der Waals surface area contributed by atoms with Crippen LogP contribution in [0.5, 0.6) is 0 Å². The van der Waals surface area contributed by atoms with E-state index in [0.717, 1.165) is 27.5 Å². The summed E-state index contributed by atoms with van der Waals surface area (Å²) in [6.07, 6.45) is 1.31. The van der Waals surface area contributed by atoms with Crippen molar-refractivity contribution in [2.24, 2.45) is 11.8 Å². The van der Waals surface area contributed by atoms with Crippen molar-refractivity contribution in [2.45, 2.75) is 33.2 Å². The van der Waals surface area contributed by atoms with Crippen LogP contribution >= 0.6 is 23.6 Å². The Hall–Kier alpha value is -0.420. The third-order valence-corrected chi connectivity index (χ3v) is 4.40. The predicted octanol–water partition coefficient (Wildman–Crippen LogP) is 3.07. The Bertz CT molecular complexity index is 384. The summed E-state index contributed by atoms with van der Waals surface area (Å²) in [6.45, 7) is 8.00. The number of nitrogens with zero attached hydrogens (tertiary/aromatic N) is 2. The number of rotatable bonds is 1.